The topological polar surface area (TPSA) is 160 Å². The maximum Gasteiger partial charge on any atom is 0.488 e. The number of esters is 3. The Labute approximate surface area is 531 Å². The van der Waals surface area contributed by atoms with E-state index in [0.29, 0.717) is 5.46 Å². The Balaban J connectivity index is -0.000000122. The van der Waals surface area contributed by atoms with Crippen LogP contribution < -0.4 is 5.46 Å². The minimum atomic E-state index is -1.34. The van der Waals surface area contributed by atoms with Gasteiger partial charge in [-0.3, -0.25) is 14.4 Å². The number of methoxy groups -OCH3 is 3. The molecule has 0 saturated heterocycles. The van der Waals surface area contributed by atoms with Gasteiger partial charge in [-0.25, -0.2) is 0 Å². The molecule has 0 heterocycles. The van der Waals surface area contributed by atoms with E-state index in [1.807, 2.05) is 126 Å². The van der Waals surface area contributed by atoms with Gasteiger partial charge in [0.25, 0.3) is 0 Å². The molecule has 0 aliphatic heterocycles. The molecule has 10 nitrogen and oxygen atoms in total. The number of hydrogen-bond acceptors (Lipinski definition) is 10. The highest BCUT2D eigenvalue weighted by Gasteiger charge is 2.07. The van der Waals surface area contributed by atoms with Crippen LogP contribution in [0.15, 0.2) is 243 Å². The van der Waals surface area contributed by atoms with Gasteiger partial charge in [0.2, 0.25) is 0 Å². The molecule has 0 spiro atoms. The van der Waals surface area contributed by atoms with Crippen LogP contribution in [0.2, 0.25) is 0 Å². The number of rotatable bonds is 3. The van der Waals surface area contributed by atoms with Gasteiger partial charge in [0.05, 0.1) is 21.3 Å². The normalized spacial score (nSPS) is 7.77. The second kappa shape index (κ2) is 74.3. The third-order valence-corrected chi connectivity index (χ3v) is 10.1. The zero-order valence-electron chi connectivity index (χ0n) is 48.5. The Morgan fingerprint density at radius 3 is 0.519 bits per heavy atom. The fraction of sp³-hybridized carbons (Fsp3) is 0.239. The molecule has 0 unspecified atom stereocenters. The minimum absolute atomic E-state index is 0. The van der Waals surface area contributed by atoms with Gasteiger partial charge in [-0.2, -0.15) is 0 Å². The number of carbonyl (C=O) groups excluding carboxylic acids is 3. The van der Waals surface area contributed by atoms with Crippen LogP contribution in [0.1, 0.15) is 77.2 Å². The van der Waals surface area contributed by atoms with Gasteiger partial charge < -0.3 is 34.5 Å². The van der Waals surface area contributed by atoms with Crippen molar-refractivity contribution in [1.29, 1.82) is 0 Å². The van der Waals surface area contributed by atoms with E-state index in [0.717, 1.165) is 14.2 Å². The first kappa shape index (κ1) is 91.7. The maximum absolute atomic E-state index is 9.59. The third-order valence-electron chi connectivity index (χ3n) is 7.92. The highest BCUT2D eigenvalue weighted by atomic mass is 127. The summed E-state index contributed by atoms with van der Waals surface area (Å²) in [5.41, 5.74) is 5.63. The SMILES string of the molecule is C.C.CC.CC.CC.CO.CO.COC(C)=O.COC(C)=O.COC(C)=O.Ic1ccccc1.Ic1ccccc1.Ic1ccccc1.OB(O)c1ccccc1.c1ccc(-c2ccccc2)cc1.c1ccc(-c2ccccc2)cc1. The minimum Gasteiger partial charge on any atom is -0.469 e. The van der Waals surface area contributed by atoms with Crippen LogP contribution in [0.5, 0.6) is 0 Å². The average Bonchev–Trinajstić information content (AvgIpc) is 3.52. The zero-order valence-corrected chi connectivity index (χ0v) is 55.0. The first-order valence-corrected chi connectivity index (χ1v) is 28.2. The van der Waals surface area contributed by atoms with E-state index < -0.39 is 7.12 Å². The molecule has 0 radical (unpaired) electrons. The van der Waals surface area contributed by atoms with Gasteiger partial charge in [0, 0.05) is 45.7 Å². The lowest BCUT2D eigenvalue weighted by atomic mass is 9.81. The number of halogens is 3. The predicted octanol–water partition coefficient (Wildman–Crippen LogP) is 17.1. The van der Waals surface area contributed by atoms with Gasteiger partial charge >= 0.3 is 25.0 Å². The Morgan fingerprint density at radius 2 is 0.432 bits per heavy atom. The summed E-state index contributed by atoms with van der Waals surface area (Å²) in [7, 11) is 4.71. The highest BCUT2D eigenvalue weighted by Crippen LogP contribution is 2.18. The second-order valence-electron chi connectivity index (χ2n) is 13.2. The molecule has 81 heavy (non-hydrogen) atoms. The smallest absolute Gasteiger partial charge is 0.469 e. The molecular weight excluding hydrogens is 1360 g/mol. The molecule has 4 N–H and O–H groups in total. The van der Waals surface area contributed by atoms with E-state index in [4.69, 9.17) is 20.3 Å². The Kier molecular flexibility index (Phi) is 84.1. The number of ether oxygens (including phenoxy) is 3. The average molecular weight is 1450 g/mol. The van der Waals surface area contributed by atoms with E-state index in [9.17, 15) is 14.4 Å². The monoisotopic (exact) mass is 1450 g/mol. The molecular formula is C67H94BI3O10. The van der Waals surface area contributed by atoms with Crippen LogP contribution in [0.3, 0.4) is 0 Å². The summed E-state index contributed by atoms with van der Waals surface area (Å²) in [5, 5.41) is 31.2. The number of aliphatic hydroxyl groups is 2. The molecule has 8 rings (SSSR count). The van der Waals surface area contributed by atoms with Gasteiger partial charge in [-0.15, -0.1) is 0 Å². The molecule has 0 atom stereocenters. The molecule has 0 amide bonds. The van der Waals surface area contributed by atoms with Gasteiger partial charge in [-0.05, 0) is 132 Å². The van der Waals surface area contributed by atoms with Crippen LogP contribution in [0.4, 0.5) is 0 Å². The molecule has 0 fully saturated rings. The molecule has 0 saturated carbocycles. The quantitative estimate of drug-likeness (QED) is 0.0580. The van der Waals surface area contributed by atoms with Crippen molar-refractivity contribution in [2.45, 2.75) is 77.2 Å². The second-order valence-corrected chi connectivity index (χ2v) is 17.0. The van der Waals surface area contributed by atoms with E-state index in [1.54, 1.807) is 24.3 Å². The summed E-state index contributed by atoms with van der Waals surface area (Å²) in [6.07, 6.45) is 0. The lowest BCUT2D eigenvalue weighted by Crippen LogP contribution is -2.29. The molecule has 0 aromatic heterocycles. The Morgan fingerprint density at radius 1 is 0.309 bits per heavy atom. The summed E-state index contributed by atoms with van der Waals surface area (Å²) < 4.78 is 16.2. The lowest BCUT2D eigenvalue weighted by molar-refractivity contribution is -0.138. The first-order chi connectivity index (χ1) is 38.2. The van der Waals surface area contributed by atoms with Crippen molar-refractivity contribution in [1.82, 2.24) is 0 Å². The van der Waals surface area contributed by atoms with Crippen molar-refractivity contribution in [3.8, 4) is 22.3 Å². The van der Waals surface area contributed by atoms with Gasteiger partial charge in [0.1, 0.15) is 0 Å². The fourth-order valence-corrected chi connectivity index (χ4v) is 5.64. The third kappa shape index (κ3) is 66.7. The molecule has 0 aliphatic rings. The molecule has 0 aliphatic carbocycles. The molecule has 8 aromatic rings. The summed E-state index contributed by atoms with van der Waals surface area (Å²) in [6.45, 7) is 16.1. The Bertz CT molecular complexity index is 2140. The van der Waals surface area contributed by atoms with E-state index >= 15 is 0 Å². The van der Waals surface area contributed by atoms with Crippen LogP contribution in [-0.4, -0.2) is 80.8 Å². The van der Waals surface area contributed by atoms with E-state index in [1.165, 1.54) is 75.1 Å². The largest absolute Gasteiger partial charge is 0.488 e. The summed E-state index contributed by atoms with van der Waals surface area (Å²) in [4.78, 5) is 28.8. The fourth-order valence-electron chi connectivity index (χ4n) is 4.39. The van der Waals surface area contributed by atoms with E-state index in [-0.39, 0.29) is 32.8 Å². The molecule has 14 heteroatoms. The van der Waals surface area contributed by atoms with Crippen molar-refractivity contribution < 1.29 is 48.9 Å². The van der Waals surface area contributed by atoms with E-state index in [2.05, 4.69) is 215 Å². The molecule has 0 bridgehead atoms. The number of carbonyl (C=O) groups is 3. The van der Waals surface area contributed by atoms with Crippen molar-refractivity contribution in [2.75, 3.05) is 35.5 Å². The van der Waals surface area contributed by atoms with Crippen LogP contribution in [0, 0.1) is 10.7 Å². The summed E-state index contributed by atoms with van der Waals surface area (Å²) in [6, 6.07) is 80.9. The summed E-state index contributed by atoms with van der Waals surface area (Å²) >= 11 is 6.84. The maximum atomic E-state index is 9.59. The summed E-state index contributed by atoms with van der Waals surface area (Å²) in [5.74, 6) is -0.736. The number of aliphatic hydroxyl groups excluding tert-OH is 2. The standard InChI is InChI=1S/2C12H10.C6H7BO2.3C6H5I.3C3H6O2.3C2H6.2CH4O.2CH4/c2*1-3-7-11(8-4-1)12-9-5-2-6-10-12;8-7(9)6-4-2-1-3-5-6;3*7-6-4-2-1-3-5-6;3*1-3(4)5-2;5*1-2;;/h2*1-10H;1-5,8-9H;3*1-5H;3*1-2H3;3*1-2H3;2*2H,1H3;2*1H4. The predicted molar refractivity (Wildman–Crippen MR) is 374 cm³/mol. The molecule has 8 aromatic carbocycles. The van der Waals surface area contributed by atoms with Crippen molar-refractivity contribution in [3.63, 3.8) is 0 Å². The van der Waals surface area contributed by atoms with Crippen LogP contribution >= 0.6 is 67.8 Å². The van der Waals surface area contributed by atoms with Gasteiger partial charge in [0.15, 0.2) is 0 Å². The van der Waals surface area contributed by atoms with Crippen molar-refractivity contribution in [3.05, 3.63) is 253 Å². The number of hydrogen-bond donors (Lipinski definition) is 4. The van der Waals surface area contributed by atoms with Crippen molar-refractivity contribution in [2.24, 2.45) is 0 Å². The lowest BCUT2D eigenvalue weighted by Gasteiger charge is -1.98. The van der Waals surface area contributed by atoms with Crippen LogP contribution in [0.25, 0.3) is 22.3 Å². The Hall–Kier alpha value is -5.74. The van der Waals surface area contributed by atoms with Gasteiger partial charge in [-0.1, -0.05) is 263 Å². The molecule has 446 valence electrons. The highest BCUT2D eigenvalue weighted by molar-refractivity contribution is 14.1. The van der Waals surface area contributed by atoms with Crippen LogP contribution in [-0.2, 0) is 28.6 Å². The first-order valence-electron chi connectivity index (χ1n) is 25.0. The zero-order chi connectivity index (χ0) is 61.3. The number of benzene rings is 8. The van der Waals surface area contributed by atoms with Crippen molar-refractivity contribution >= 4 is 98.3 Å².